The molecule has 0 saturated carbocycles. The summed E-state index contributed by atoms with van der Waals surface area (Å²) in [6.07, 6.45) is 0.336. The van der Waals surface area contributed by atoms with Gasteiger partial charge in [0.25, 0.3) is 0 Å². The van der Waals surface area contributed by atoms with Gasteiger partial charge in [0, 0.05) is 26.2 Å². The number of amides is 2. The predicted molar refractivity (Wildman–Crippen MR) is 50.6 cm³/mol. The summed E-state index contributed by atoms with van der Waals surface area (Å²) in [5.74, 6) is -0.136. The first-order valence-electron chi connectivity index (χ1n) is 4.84. The van der Waals surface area contributed by atoms with E-state index in [9.17, 15) is 9.59 Å². The minimum Gasteiger partial charge on any atom is -0.314 e. The van der Waals surface area contributed by atoms with Gasteiger partial charge < -0.3 is 5.32 Å². The van der Waals surface area contributed by atoms with E-state index in [-0.39, 0.29) is 17.9 Å². The summed E-state index contributed by atoms with van der Waals surface area (Å²) < 4.78 is 0. The van der Waals surface area contributed by atoms with E-state index in [1.54, 1.807) is 7.05 Å². The molecule has 2 rings (SSSR count). The van der Waals surface area contributed by atoms with Gasteiger partial charge in [-0.1, -0.05) is 0 Å². The SMILES string of the molecule is CN1C(=O)CC(N(C)C2CNC2)C1=O. The third-order valence-corrected chi connectivity index (χ3v) is 3.19. The molecule has 0 radical (unpaired) electrons. The minimum absolute atomic E-state index is 0.0654. The van der Waals surface area contributed by atoms with Crippen molar-refractivity contribution in [2.75, 3.05) is 27.2 Å². The van der Waals surface area contributed by atoms with E-state index in [1.807, 2.05) is 11.9 Å². The first-order chi connectivity index (χ1) is 6.61. The third-order valence-electron chi connectivity index (χ3n) is 3.19. The Labute approximate surface area is 83.0 Å². The number of rotatable bonds is 2. The van der Waals surface area contributed by atoms with Crippen molar-refractivity contribution < 1.29 is 9.59 Å². The zero-order valence-electron chi connectivity index (χ0n) is 8.49. The molecule has 1 atom stereocenters. The number of hydrogen-bond donors (Lipinski definition) is 1. The second kappa shape index (κ2) is 3.33. The molecular formula is C9H15N3O2. The summed E-state index contributed by atoms with van der Waals surface area (Å²) in [7, 11) is 3.47. The van der Waals surface area contributed by atoms with Crippen LogP contribution in [0.15, 0.2) is 0 Å². The Morgan fingerprint density at radius 1 is 1.43 bits per heavy atom. The Balaban J connectivity index is 2.04. The molecule has 0 aliphatic carbocycles. The van der Waals surface area contributed by atoms with Crippen LogP contribution in [0.25, 0.3) is 0 Å². The monoisotopic (exact) mass is 197 g/mol. The molecule has 2 aliphatic rings. The Hall–Kier alpha value is -0.940. The highest BCUT2D eigenvalue weighted by molar-refractivity contribution is 6.05. The zero-order chi connectivity index (χ0) is 10.3. The third kappa shape index (κ3) is 1.33. The molecule has 2 saturated heterocycles. The molecule has 0 aromatic heterocycles. The fourth-order valence-electron chi connectivity index (χ4n) is 1.87. The van der Waals surface area contributed by atoms with Crippen LogP contribution in [-0.4, -0.2) is 60.9 Å². The summed E-state index contributed by atoms with van der Waals surface area (Å²) in [6, 6.07) is 0.169. The van der Waals surface area contributed by atoms with Crippen LogP contribution in [0.1, 0.15) is 6.42 Å². The van der Waals surface area contributed by atoms with Gasteiger partial charge in [-0.3, -0.25) is 19.4 Å². The molecule has 0 spiro atoms. The highest BCUT2D eigenvalue weighted by atomic mass is 16.2. The largest absolute Gasteiger partial charge is 0.314 e. The lowest BCUT2D eigenvalue weighted by Gasteiger charge is -2.38. The molecule has 0 aromatic rings. The van der Waals surface area contributed by atoms with Crippen molar-refractivity contribution in [1.29, 1.82) is 0 Å². The number of likely N-dealkylation sites (N-methyl/N-ethyl adjacent to an activating group) is 2. The van der Waals surface area contributed by atoms with Crippen LogP contribution in [0.2, 0.25) is 0 Å². The van der Waals surface area contributed by atoms with Gasteiger partial charge in [0.15, 0.2) is 0 Å². The molecule has 1 N–H and O–H groups in total. The van der Waals surface area contributed by atoms with Gasteiger partial charge in [-0.2, -0.15) is 0 Å². The number of nitrogens with one attached hydrogen (secondary N) is 1. The molecule has 14 heavy (non-hydrogen) atoms. The first kappa shape index (κ1) is 9.61. The smallest absolute Gasteiger partial charge is 0.246 e. The van der Waals surface area contributed by atoms with E-state index < -0.39 is 0 Å². The Kier molecular flexibility index (Phi) is 2.28. The van der Waals surface area contributed by atoms with E-state index >= 15 is 0 Å². The summed E-state index contributed by atoms with van der Waals surface area (Å²) >= 11 is 0. The van der Waals surface area contributed by atoms with Crippen molar-refractivity contribution in [3.8, 4) is 0 Å². The molecule has 5 heteroatoms. The van der Waals surface area contributed by atoms with Crippen LogP contribution >= 0.6 is 0 Å². The maximum absolute atomic E-state index is 11.6. The Bertz CT molecular complexity index is 275. The number of likely N-dealkylation sites (tertiary alicyclic amines) is 1. The number of hydrogen-bond acceptors (Lipinski definition) is 4. The van der Waals surface area contributed by atoms with Gasteiger partial charge in [-0.05, 0) is 7.05 Å². The summed E-state index contributed by atoms with van der Waals surface area (Å²) in [5.41, 5.74) is 0. The normalized spacial score (nSPS) is 28.8. The van der Waals surface area contributed by atoms with Crippen LogP contribution in [0, 0.1) is 0 Å². The number of carbonyl (C=O) groups excluding carboxylic acids is 2. The molecule has 0 bridgehead atoms. The summed E-state index contributed by atoms with van der Waals surface area (Å²) in [5, 5.41) is 3.15. The Morgan fingerprint density at radius 3 is 2.43 bits per heavy atom. The van der Waals surface area contributed by atoms with Gasteiger partial charge in [0.05, 0.1) is 12.5 Å². The van der Waals surface area contributed by atoms with Crippen LogP contribution in [0.5, 0.6) is 0 Å². The van der Waals surface area contributed by atoms with Crippen molar-refractivity contribution in [3.05, 3.63) is 0 Å². The van der Waals surface area contributed by atoms with Crippen molar-refractivity contribution in [2.24, 2.45) is 0 Å². The zero-order valence-corrected chi connectivity index (χ0v) is 8.49. The molecule has 2 aliphatic heterocycles. The van der Waals surface area contributed by atoms with Crippen LogP contribution in [0.3, 0.4) is 0 Å². The lowest BCUT2D eigenvalue weighted by molar-refractivity contribution is -0.138. The fourth-order valence-corrected chi connectivity index (χ4v) is 1.87. The molecule has 2 amide bonds. The van der Waals surface area contributed by atoms with Gasteiger partial charge in [-0.15, -0.1) is 0 Å². The second-order valence-corrected chi connectivity index (χ2v) is 3.99. The van der Waals surface area contributed by atoms with Gasteiger partial charge >= 0.3 is 0 Å². The lowest BCUT2D eigenvalue weighted by atomic mass is 10.1. The quantitative estimate of drug-likeness (QED) is 0.556. The van der Waals surface area contributed by atoms with Gasteiger partial charge in [-0.25, -0.2) is 0 Å². The van der Waals surface area contributed by atoms with Crippen molar-refractivity contribution in [2.45, 2.75) is 18.5 Å². The van der Waals surface area contributed by atoms with E-state index in [0.29, 0.717) is 12.5 Å². The van der Waals surface area contributed by atoms with Crippen LogP contribution in [-0.2, 0) is 9.59 Å². The van der Waals surface area contributed by atoms with Crippen molar-refractivity contribution >= 4 is 11.8 Å². The average molecular weight is 197 g/mol. The molecule has 0 aromatic carbocycles. The Morgan fingerprint density at radius 2 is 2.07 bits per heavy atom. The standard InChI is InChI=1S/C9H15N3O2/c1-11(6-4-10-5-6)7-3-8(13)12(2)9(7)14/h6-7,10H,3-5H2,1-2H3. The van der Waals surface area contributed by atoms with Crippen molar-refractivity contribution in [1.82, 2.24) is 15.1 Å². The van der Waals surface area contributed by atoms with E-state index in [2.05, 4.69) is 5.32 Å². The summed E-state index contributed by atoms with van der Waals surface area (Å²) in [6.45, 7) is 1.83. The van der Waals surface area contributed by atoms with Crippen LogP contribution < -0.4 is 5.32 Å². The first-order valence-corrected chi connectivity index (χ1v) is 4.84. The minimum atomic E-state index is -0.236. The predicted octanol–water partition coefficient (Wildman–Crippen LogP) is -1.35. The number of nitrogens with zero attached hydrogens (tertiary/aromatic N) is 2. The number of imide groups is 1. The van der Waals surface area contributed by atoms with Gasteiger partial charge in [0.1, 0.15) is 0 Å². The lowest BCUT2D eigenvalue weighted by Crippen LogP contribution is -2.59. The average Bonchev–Trinajstić information content (AvgIpc) is 2.30. The maximum atomic E-state index is 11.6. The van der Waals surface area contributed by atoms with E-state index in [0.717, 1.165) is 13.1 Å². The molecule has 2 fully saturated rings. The molecule has 2 heterocycles. The molecular weight excluding hydrogens is 182 g/mol. The molecule has 5 nitrogen and oxygen atoms in total. The molecule has 78 valence electrons. The summed E-state index contributed by atoms with van der Waals surface area (Å²) in [4.78, 5) is 26.2. The topological polar surface area (TPSA) is 52.7 Å². The fraction of sp³-hybridized carbons (Fsp3) is 0.778. The maximum Gasteiger partial charge on any atom is 0.246 e. The van der Waals surface area contributed by atoms with Crippen LogP contribution in [0.4, 0.5) is 0 Å². The van der Waals surface area contributed by atoms with Gasteiger partial charge in [0.2, 0.25) is 11.8 Å². The molecule has 1 unspecified atom stereocenters. The van der Waals surface area contributed by atoms with E-state index in [4.69, 9.17) is 0 Å². The highest BCUT2D eigenvalue weighted by Crippen LogP contribution is 2.19. The number of carbonyl (C=O) groups is 2. The second-order valence-electron chi connectivity index (χ2n) is 3.99. The highest BCUT2D eigenvalue weighted by Gasteiger charge is 2.41. The van der Waals surface area contributed by atoms with E-state index in [1.165, 1.54) is 4.90 Å². The van der Waals surface area contributed by atoms with Crippen molar-refractivity contribution in [3.63, 3.8) is 0 Å².